The van der Waals surface area contributed by atoms with E-state index in [4.69, 9.17) is 14.2 Å². The Balaban J connectivity index is 1.82. The van der Waals surface area contributed by atoms with Crippen molar-refractivity contribution in [1.29, 1.82) is 0 Å². The number of methoxy groups -OCH3 is 1. The Labute approximate surface area is 192 Å². The molecule has 0 atom stereocenters. The number of benzene rings is 2. The van der Waals surface area contributed by atoms with Gasteiger partial charge in [-0.3, -0.25) is 14.5 Å². The number of nitrogens with zero attached hydrogens (tertiary/aromatic N) is 1. The third-order valence-corrected chi connectivity index (χ3v) is 5.81. The number of carbonyl (C=O) groups excluding carboxylic acids is 2. The fraction of sp³-hybridized carbons (Fsp3) is 0.273. The van der Waals surface area contributed by atoms with Crippen molar-refractivity contribution in [2.24, 2.45) is 0 Å². The third kappa shape index (κ3) is 5.87. The molecule has 0 saturated carbocycles. The van der Waals surface area contributed by atoms with E-state index >= 15 is 0 Å². The van der Waals surface area contributed by atoms with Crippen molar-refractivity contribution < 1.29 is 28.2 Å². The summed E-state index contributed by atoms with van der Waals surface area (Å²) in [5, 5.41) is -0.323. The van der Waals surface area contributed by atoms with Crippen molar-refractivity contribution >= 4 is 44.9 Å². The van der Waals surface area contributed by atoms with E-state index in [2.05, 4.69) is 15.9 Å². The maximum atomic E-state index is 13.1. The summed E-state index contributed by atoms with van der Waals surface area (Å²) >= 11 is 4.39. The number of hydrogen-bond donors (Lipinski definition) is 0. The van der Waals surface area contributed by atoms with Gasteiger partial charge in [-0.15, -0.1) is 0 Å². The first-order chi connectivity index (χ1) is 14.9. The Hall–Kier alpha value is -2.36. The first kappa shape index (κ1) is 23.3. The van der Waals surface area contributed by atoms with Crippen LogP contribution >= 0.6 is 27.7 Å². The molecule has 1 fully saturated rings. The molecule has 6 nitrogen and oxygen atoms in total. The highest BCUT2D eigenvalue weighted by atomic mass is 79.9. The summed E-state index contributed by atoms with van der Waals surface area (Å²) in [6, 6.07) is 9.58. The van der Waals surface area contributed by atoms with Crippen LogP contribution in [0.1, 0.15) is 18.1 Å². The Morgan fingerprint density at radius 2 is 1.90 bits per heavy atom. The number of amides is 2. The number of halogens is 2. The molecule has 9 heteroatoms. The van der Waals surface area contributed by atoms with Crippen molar-refractivity contribution in [3.63, 3.8) is 0 Å². The third-order valence-electron chi connectivity index (χ3n) is 4.32. The Morgan fingerprint density at radius 3 is 2.58 bits per heavy atom. The van der Waals surface area contributed by atoms with Gasteiger partial charge in [0, 0.05) is 7.11 Å². The number of imide groups is 1. The van der Waals surface area contributed by atoms with E-state index in [0.29, 0.717) is 33.0 Å². The summed E-state index contributed by atoms with van der Waals surface area (Å²) in [6.45, 7) is 2.99. The van der Waals surface area contributed by atoms with Crippen molar-refractivity contribution in [3.05, 3.63) is 62.7 Å². The molecule has 2 aromatic rings. The minimum atomic E-state index is -0.349. The molecule has 1 heterocycles. The van der Waals surface area contributed by atoms with Crippen LogP contribution in [0.5, 0.6) is 11.5 Å². The summed E-state index contributed by atoms with van der Waals surface area (Å²) in [7, 11) is 1.52. The SMILES string of the molecule is CCOc1cc(/C=C2/SC(=O)N(CCOC)C2=O)cc(Br)c1OCc1ccc(F)cc1. The van der Waals surface area contributed by atoms with Gasteiger partial charge in [0.1, 0.15) is 12.4 Å². The van der Waals surface area contributed by atoms with Gasteiger partial charge >= 0.3 is 0 Å². The molecule has 0 bridgehead atoms. The predicted octanol–water partition coefficient (Wildman–Crippen LogP) is 5.25. The first-order valence-electron chi connectivity index (χ1n) is 9.50. The molecule has 0 unspecified atom stereocenters. The van der Waals surface area contributed by atoms with Gasteiger partial charge in [-0.2, -0.15) is 0 Å². The second-order valence-corrected chi connectivity index (χ2v) is 8.35. The molecule has 0 N–H and O–H groups in total. The lowest BCUT2D eigenvalue weighted by molar-refractivity contribution is -0.123. The molecule has 2 amide bonds. The quantitative estimate of drug-likeness (QED) is 0.430. The van der Waals surface area contributed by atoms with Gasteiger partial charge < -0.3 is 14.2 Å². The van der Waals surface area contributed by atoms with Gasteiger partial charge in [-0.05, 0) is 76.1 Å². The summed E-state index contributed by atoms with van der Waals surface area (Å²) in [5.41, 5.74) is 1.49. The van der Waals surface area contributed by atoms with Gasteiger partial charge in [-0.1, -0.05) is 12.1 Å². The zero-order valence-electron chi connectivity index (χ0n) is 17.0. The van der Waals surface area contributed by atoms with Crippen molar-refractivity contribution in [2.75, 3.05) is 26.9 Å². The fourth-order valence-corrected chi connectivity index (χ4v) is 4.28. The molecule has 1 aliphatic rings. The molecule has 3 rings (SSSR count). The molecule has 1 saturated heterocycles. The van der Waals surface area contributed by atoms with Crippen LogP contribution in [0.4, 0.5) is 9.18 Å². The van der Waals surface area contributed by atoms with Gasteiger partial charge in [0.2, 0.25) is 0 Å². The topological polar surface area (TPSA) is 65.1 Å². The van der Waals surface area contributed by atoms with E-state index < -0.39 is 0 Å². The van der Waals surface area contributed by atoms with Gasteiger partial charge in [0.05, 0.1) is 29.1 Å². The van der Waals surface area contributed by atoms with Crippen LogP contribution in [-0.2, 0) is 16.1 Å². The van der Waals surface area contributed by atoms with Crippen LogP contribution in [0.2, 0.25) is 0 Å². The van der Waals surface area contributed by atoms with E-state index in [-0.39, 0.29) is 36.7 Å². The van der Waals surface area contributed by atoms with E-state index in [9.17, 15) is 14.0 Å². The van der Waals surface area contributed by atoms with Crippen molar-refractivity contribution in [2.45, 2.75) is 13.5 Å². The number of ether oxygens (including phenoxy) is 3. The zero-order chi connectivity index (χ0) is 22.4. The number of thioether (sulfide) groups is 1. The van der Waals surface area contributed by atoms with E-state index in [1.165, 1.54) is 24.1 Å². The Morgan fingerprint density at radius 1 is 1.16 bits per heavy atom. The predicted molar refractivity (Wildman–Crippen MR) is 121 cm³/mol. The van der Waals surface area contributed by atoms with E-state index in [1.807, 2.05) is 6.92 Å². The zero-order valence-corrected chi connectivity index (χ0v) is 19.4. The second kappa shape index (κ2) is 10.8. The second-order valence-electron chi connectivity index (χ2n) is 6.50. The van der Waals surface area contributed by atoms with Crippen LogP contribution < -0.4 is 9.47 Å². The fourth-order valence-electron chi connectivity index (χ4n) is 2.84. The lowest BCUT2D eigenvalue weighted by atomic mass is 10.1. The molecule has 1 aliphatic heterocycles. The van der Waals surface area contributed by atoms with Gasteiger partial charge in [0.15, 0.2) is 11.5 Å². The lowest BCUT2D eigenvalue weighted by Gasteiger charge is -2.15. The summed E-state index contributed by atoms with van der Waals surface area (Å²) in [4.78, 5) is 26.1. The Kier molecular flexibility index (Phi) is 8.11. The Bertz CT molecular complexity index is 996. The first-order valence-corrected chi connectivity index (χ1v) is 11.1. The van der Waals surface area contributed by atoms with Crippen LogP contribution in [0.15, 0.2) is 45.8 Å². The molecule has 164 valence electrons. The van der Waals surface area contributed by atoms with Crippen LogP contribution in [-0.4, -0.2) is 42.9 Å². The lowest BCUT2D eigenvalue weighted by Crippen LogP contribution is -2.31. The average Bonchev–Trinajstić information content (AvgIpc) is 3.00. The average molecular weight is 510 g/mol. The molecule has 0 radical (unpaired) electrons. The highest BCUT2D eigenvalue weighted by Gasteiger charge is 2.34. The highest BCUT2D eigenvalue weighted by Crippen LogP contribution is 2.39. The maximum absolute atomic E-state index is 13.1. The minimum absolute atomic E-state index is 0.211. The smallest absolute Gasteiger partial charge is 0.293 e. The molecule has 0 aliphatic carbocycles. The molecule has 0 aromatic heterocycles. The van der Waals surface area contributed by atoms with Crippen molar-refractivity contribution in [3.8, 4) is 11.5 Å². The molecular weight excluding hydrogens is 489 g/mol. The number of rotatable bonds is 9. The van der Waals surface area contributed by atoms with Crippen LogP contribution in [0, 0.1) is 5.82 Å². The van der Waals surface area contributed by atoms with E-state index in [1.54, 1.807) is 30.3 Å². The number of carbonyl (C=O) groups is 2. The molecule has 0 spiro atoms. The standard InChI is InChI=1S/C22H21BrFNO5S/c1-3-29-18-11-15(12-19-21(26)25(8-9-28-2)22(27)31-19)10-17(23)20(18)30-13-14-4-6-16(24)7-5-14/h4-7,10-12H,3,8-9,13H2,1-2H3/b19-12+. The molecule has 31 heavy (non-hydrogen) atoms. The highest BCUT2D eigenvalue weighted by molar-refractivity contribution is 9.10. The molecular formula is C22H21BrFNO5S. The van der Waals surface area contributed by atoms with Crippen molar-refractivity contribution in [1.82, 2.24) is 4.90 Å². The van der Waals surface area contributed by atoms with Gasteiger partial charge in [-0.25, -0.2) is 4.39 Å². The van der Waals surface area contributed by atoms with E-state index in [0.717, 1.165) is 17.3 Å². The monoisotopic (exact) mass is 509 g/mol. The van der Waals surface area contributed by atoms with Gasteiger partial charge in [0.25, 0.3) is 11.1 Å². The van der Waals surface area contributed by atoms with Crippen LogP contribution in [0.25, 0.3) is 6.08 Å². The number of hydrogen-bond acceptors (Lipinski definition) is 6. The summed E-state index contributed by atoms with van der Waals surface area (Å²) in [5.74, 6) is 0.328. The van der Waals surface area contributed by atoms with Crippen LogP contribution in [0.3, 0.4) is 0 Å². The molecule has 2 aromatic carbocycles. The largest absolute Gasteiger partial charge is 0.490 e. The minimum Gasteiger partial charge on any atom is -0.490 e. The summed E-state index contributed by atoms with van der Waals surface area (Å²) in [6.07, 6.45) is 1.65. The maximum Gasteiger partial charge on any atom is 0.293 e. The summed E-state index contributed by atoms with van der Waals surface area (Å²) < 4.78 is 30.3. The normalized spacial score (nSPS) is 15.1.